The summed E-state index contributed by atoms with van der Waals surface area (Å²) in [5.41, 5.74) is 2.01. The molecule has 0 aliphatic carbocycles. The van der Waals surface area contributed by atoms with Gasteiger partial charge in [0.15, 0.2) is 9.84 Å². The molecule has 0 aromatic heterocycles. The van der Waals surface area contributed by atoms with Crippen LogP contribution < -0.4 is 5.32 Å². The molecule has 1 rings (SSSR count). The zero-order valence-electron chi connectivity index (χ0n) is 10.9. The Morgan fingerprint density at radius 2 is 1.94 bits per heavy atom. The molecule has 96 valence electrons. The molecule has 0 saturated heterocycles. The molecule has 0 spiro atoms. The van der Waals surface area contributed by atoms with Gasteiger partial charge in [-0.25, -0.2) is 8.42 Å². The van der Waals surface area contributed by atoms with Crippen molar-refractivity contribution in [2.75, 3.05) is 13.6 Å². The second kappa shape index (κ2) is 5.65. The van der Waals surface area contributed by atoms with E-state index in [4.69, 9.17) is 0 Å². The number of aryl methyl sites for hydroxylation is 1. The van der Waals surface area contributed by atoms with Gasteiger partial charge in [-0.15, -0.1) is 0 Å². The first-order valence-corrected chi connectivity index (χ1v) is 7.42. The standard InChI is InChI=1S/C13H21NO2S/c1-10(2)17(15,16)13-6-5-11(3)9-12(13)7-8-14-4/h5-6,9-10,14H,7-8H2,1-4H3. The molecule has 0 aliphatic heterocycles. The van der Waals surface area contributed by atoms with Crippen LogP contribution in [0.4, 0.5) is 0 Å². The first kappa shape index (κ1) is 14.2. The summed E-state index contributed by atoms with van der Waals surface area (Å²) in [5.74, 6) is 0. The molecule has 3 nitrogen and oxygen atoms in total. The molecular weight excluding hydrogens is 234 g/mol. The van der Waals surface area contributed by atoms with Gasteiger partial charge in [-0.05, 0) is 52.4 Å². The molecule has 0 atom stereocenters. The van der Waals surface area contributed by atoms with E-state index in [9.17, 15) is 8.42 Å². The van der Waals surface area contributed by atoms with Crippen molar-refractivity contribution in [3.63, 3.8) is 0 Å². The van der Waals surface area contributed by atoms with Crippen LogP contribution in [0.15, 0.2) is 23.1 Å². The lowest BCUT2D eigenvalue weighted by Gasteiger charge is -2.13. The first-order valence-electron chi connectivity index (χ1n) is 5.87. The maximum atomic E-state index is 12.2. The van der Waals surface area contributed by atoms with E-state index in [1.165, 1.54) is 0 Å². The van der Waals surface area contributed by atoms with Crippen LogP contribution in [0, 0.1) is 6.92 Å². The van der Waals surface area contributed by atoms with Crippen LogP contribution in [0.5, 0.6) is 0 Å². The Morgan fingerprint density at radius 3 is 2.47 bits per heavy atom. The van der Waals surface area contributed by atoms with E-state index in [1.54, 1.807) is 19.9 Å². The highest BCUT2D eigenvalue weighted by molar-refractivity contribution is 7.92. The minimum atomic E-state index is -3.18. The van der Waals surface area contributed by atoms with Crippen LogP contribution in [-0.4, -0.2) is 27.3 Å². The van der Waals surface area contributed by atoms with Crippen molar-refractivity contribution in [3.8, 4) is 0 Å². The molecule has 1 aromatic rings. The maximum absolute atomic E-state index is 12.2. The Bertz CT molecular complexity index is 478. The number of hydrogen-bond donors (Lipinski definition) is 1. The van der Waals surface area contributed by atoms with Crippen molar-refractivity contribution in [1.82, 2.24) is 5.32 Å². The Morgan fingerprint density at radius 1 is 1.29 bits per heavy atom. The molecule has 1 aromatic carbocycles. The van der Waals surface area contributed by atoms with E-state index in [2.05, 4.69) is 5.32 Å². The van der Waals surface area contributed by atoms with E-state index in [1.807, 2.05) is 26.1 Å². The molecule has 1 N–H and O–H groups in total. The van der Waals surface area contributed by atoms with E-state index < -0.39 is 9.84 Å². The van der Waals surface area contributed by atoms with Gasteiger partial charge in [0, 0.05) is 0 Å². The van der Waals surface area contributed by atoms with Crippen LogP contribution in [0.3, 0.4) is 0 Å². The largest absolute Gasteiger partial charge is 0.319 e. The van der Waals surface area contributed by atoms with Crippen molar-refractivity contribution in [1.29, 1.82) is 0 Å². The summed E-state index contributed by atoms with van der Waals surface area (Å²) in [6, 6.07) is 5.56. The van der Waals surface area contributed by atoms with Crippen LogP contribution in [0.2, 0.25) is 0 Å². The van der Waals surface area contributed by atoms with Crippen LogP contribution in [-0.2, 0) is 16.3 Å². The second-order valence-electron chi connectivity index (χ2n) is 4.56. The summed E-state index contributed by atoms with van der Waals surface area (Å²) in [7, 11) is -1.32. The highest BCUT2D eigenvalue weighted by Gasteiger charge is 2.22. The lowest BCUT2D eigenvalue weighted by atomic mass is 10.1. The van der Waals surface area contributed by atoms with E-state index in [0.29, 0.717) is 4.90 Å². The number of nitrogens with one attached hydrogen (secondary N) is 1. The van der Waals surface area contributed by atoms with Gasteiger partial charge in [0.05, 0.1) is 10.1 Å². The Balaban J connectivity index is 3.23. The lowest BCUT2D eigenvalue weighted by Crippen LogP contribution is -2.18. The summed E-state index contributed by atoms with van der Waals surface area (Å²) < 4.78 is 24.4. The number of benzene rings is 1. The van der Waals surface area contributed by atoms with Crippen LogP contribution in [0.1, 0.15) is 25.0 Å². The molecule has 0 aliphatic rings. The third-order valence-corrected chi connectivity index (χ3v) is 5.04. The molecule has 0 bridgehead atoms. The fourth-order valence-electron chi connectivity index (χ4n) is 1.69. The van der Waals surface area contributed by atoms with Gasteiger partial charge in [-0.2, -0.15) is 0 Å². The topological polar surface area (TPSA) is 46.2 Å². The van der Waals surface area contributed by atoms with Gasteiger partial charge >= 0.3 is 0 Å². The van der Waals surface area contributed by atoms with Crippen molar-refractivity contribution >= 4 is 9.84 Å². The summed E-state index contributed by atoms with van der Waals surface area (Å²) in [4.78, 5) is 0.480. The van der Waals surface area contributed by atoms with Crippen molar-refractivity contribution in [2.24, 2.45) is 0 Å². The van der Waals surface area contributed by atoms with Gasteiger partial charge < -0.3 is 5.32 Å². The Hall–Kier alpha value is -0.870. The van der Waals surface area contributed by atoms with Gasteiger partial charge in [0.2, 0.25) is 0 Å². The second-order valence-corrected chi connectivity index (χ2v) is 7.03. The number of rotatable bonds is 5. The molecule has 0 unspecified atom stereocenters. The summed E-state index contributed by atoms with van der Waals surface area (Å²) in [5, 5.41) is 2.67. The average molecular weight is 255 g/mol. The molecule has 0 amide bonds. The SMILES string of the molecule is CNCCc1cc(C)ccc1S(=O)(=O)C(C)C. The molecule has 0 heterocycles. The zero-order valence-corrected chi connectivity index (χ0v) is 11.8. The highest BCUT2D eigenvalue weighted by atomic mass is 32.2. The fourth-order valence-corrected chi connectivity index (χ4v) is 2.99. The Kier molecular flexibility index (Phi) is 4.71. The number of likely N-dealkylation sites (N-methyl/N-ethyl adjacent to an activating group) is 1. The van der Waals surface area contributed by atoms with E-state index >= 15 is 0 Å². The highest BCUT2D eigenvalue weighted by Crippen LogP contribution is 2.22. The van der Waals surface area contributed by atoms with Crippen molar-refractivity contribution in [3.05, 3.63) is 29.3 Å². The van der Waals surface area contributed by atoms with Crippen LogP contribution >= 0.6 is 0 Å². The van der Waals surface area contributed by atoms with Gasteiger partial charge in [-0.1, -0.05) is 17.7 Å². The van der Waals surface area contributed by atoms with Gasteiger partial charge in [0.25, 0.3) is 0 Å². The third kappa shape index (κ3) is 3.30. The Labute approximate surface area is 104 Å². The van der Waals surface area contributed by atoms with E-state index in [0.717, 1.165) is 24.1 Å². The first-order chi connectivity index (χ1) is 7.89. The molecular formula is C13H21NO2S. The predicted octanol–water partition coefficient (Wildman–Crippen LogP) is 1.94. The van der Waals surface area contributed by atoms with Gasteiger partial charge in [-0.3, -0.25) is 0 Å². The normalized spacial score (nSPS) is 12.1. The van der Waals surface area contributed by atoms with Crippen LogP contribution in [0.25, 0.3) is 0 Å². The molecule has 4 heteroatoms. The molecule has 17 heavy (non-hydrogen) atoms. The van der Waals surface area contributed by atoms with Crippen molar-refractivity contribution < 1.29 is 8.42 Å². The minimum Gasteiger partial charge on any atom is -0.319 e. The molecule has 0 fully saturated rings. The molecule has 0 radical (unpaired) electrons. The van der Waals surface area contributed by atoms with E-state index in [-0.39, 0.29) is 5.25 Å². The lowest BCUT2D eigenvalue weighted by molar-refractivity contribution is 0.585. The fraction of sp³-hybridized carbons (Fsp3) is 0.538. The quantitative estimate of drug-likeness (QED) is 0.874. The number of sulfone groups is 1. The minimum absolute atomic E-state index is 0.376. The smallest absolute Gasteiger partial charge is 0.180 e. The summed E-state index contributed by atoms with van der Waals surface area (Å²) in [6.45, 7) is 6.20. The maximum Gasteiger partial charge on any atom is 0.180 e. The third-order valence-electron chi connectivity index (χ3n) is 2.79. The molecule has 0 saturated carbocycles. The average Bonchev–Trinajstić information content (AvgIpc) is 2.25. The van der Waals surface area contributed by atoms with Gasteiger partial charge in [0.1, 0.15) is 0 Å². The summed E-state index contributed by atoms with van der Waals surface area (Å²) in [6.07, 6.45) is 0.736. The number of hydrogen-bond acceptors (Lipinski definition) is 3. The predicted molar refractivity (Wildman–Crippen MR) is 71.1 cm³/mol. The summed E-state index contributed by atoms with van der Waals surface area (Å²) >= 11 is 0. The van der Waals surface area contributed by atoms with Crippen molar-refractivity contribution in [2.45, 2.75) is 37.3 Å². The monoisotopic (exact) mass is 255 g/mol. The zero-order chi connectivity index (χ0) is 13.1.